The molecule has 2 aliphatic heterocycles. The summed E-state index contributed by atoms with van der Waals surface area (Å²) in [5.74, 6) is -0.651. The first-order chi connectivity index (χ1) is 12.3. The van der Waals surface area contributed by atoms with Crippen molar-refractivity contribution in [3.63, 3.8) is 0 Å². The average molecular weight is 362 g/mol. The fraction of sp³-hybridized carbons (Fsp3) is 0.700. The molecule has 4 aliphatic rings. The SMILES string of the molecule is CC1C(O)CC23COC(=O)C2=CC(O)CC3C1(C)CCC1=CCOC1=O. The van der Waals surface area contributed by atoms with Crippen LogP contribution in [0.15, 0.2) is 23.3 Å². The Labute approximate surface area is 152 Å². The molecule has 2 aliphatic carbocycles. The van der Waals surface area contributed by atoms with Crippen LogP contribution in [0.4, 0.5) is 0 Å². The Hall–Kier alpha value is -1.66. The van der Waals surface area contributed by atoms with Crippen LogP contribution >= 0.6 is 0 Å². The number of hydrogen-bond donors (Lipinski definition) is 2. The minimum absolute atomic E-state index is 0.00729. The number of ether oxygens (including phenoxy) is 2. The summed E-state index contributed by atoms with van der Waals surface area (Å²) in [6, 6.07) is 0. The van der Waals surface area contributed by atoms with Crippen molar-refractivity contribution in [1.82, 2.24) is 0 Å². The van der Waals surface area contributed by atoms with Crippen molar-refractivity contribution in [2.24, 2.45) is 22.7 Å². The van der Waals surface area contributed by atoms with Crippen molar-refractivity contribution in [3.05, 3.63) is 23.3 Å². The van der Waals surface area contributed by atoms with Crippen molar-refractivity contribution >= 4 is 11.9 Å². The monoisotopic (exact) mass is 362 g/mol. The number of rotatable bonds is 3. The minimum Gasteiger partial charge on any atom is -0.461 e. The molecular weight excluding hydrogens is 336 g/mol. The molecule has 0 aromatic carbocycles. The van der Waals surface area contributed by atoms with E-state index in [9.17, 15) is 19.8 Å². The second kappa shape index (κ2) is 5.92. The third-order valence-electron chi connectivity index (χ3n) is 7.45. The van der Waals surface area contributed by atoms with Crippen LogP contribution in [0.2, 0.25) is 0 Å². The molecule has 2 fully saturated rings. The van der Waals surface area contributed by atoms with Crippen LogP contribution in [0.5, 0.6) is 0 Å². The summed E-state index contributed by atoms with van der Waals surface area (Å²) >= 11 is 0. The summed E-state index contributed by atoms with van der Waals surface area (Å²) in [4.78, 5) is 24.1. The van der Waals surface area contributed by atoms with E-state index in [0.29, 0.717) is 43.4 Å². The Morgan fingerprint density at radius 2 is 2.00 bits per heavy atom. The first kappa shape index (κ1) is 17.7. The summed E-state index contributed by atoms with van der Waals surface area (Å²) in [5.41, 5.74) is 0.327. The van der Waals surface area contributed by atoms with E-state index in [1.54, 1.807) is 6.08 Å². The Kier molecular flexibility index (Phi) is 4.04. The molecule has 0 bridgehead atoms. The number of carbonyl (C=O) groups excluding carboxylic acids is 2. The largest absolute Gasteiger partial charge is 0.461 e. The van der Waals surface area contributed by atoms with E-state index >= 15 is 0 Å². The lowest BCUT2D eigenvalue weighted by atomic mass is 9.46. The van der Waals surface area contributed by atoms with E-state index in [-0.39, 0.29) is 35.8 Å². The molecule has 1 spiro atoms. The Morgan fingerprint density at radius 3 is 2.69 bits per heavy atom. The third-order valence-corrected chi connectivity index (χ3v) is 7.45. The van der Waals surface area contributed by atoms with E-state index in [1.807, 2.05) is 13.0 Å². The highest BCUT2D eigenvalue weighted by Crippen LogP contribution is 2.64. The zero-order chi connectivity index (χ0) is 18.7. The molecule has 6 heteroatoms. The van der Waals surface area contributed by atoms with E-state index in [4.69, 9.17) is 9.47 Å². The number of esters is 2. The van der Waals surface area contributed by atoms with Crippen LogP contribution in [0.25, 0.3) is 0 Å². The van der Waals surface area contributed by atoms with Gasteiger partial charge in [0, 0.05) is 16.6 Å². The molecule has 1 saturated carbocycles. The normalized spacial score (nSPS) is 44.6. The molecule has 26 heavy (non-hydrogen) atoms. The summed E-state index contributed by atoms with van der Waals surface area (Å²) in [6.45, 7) is 4.73. The van der Waals surface area contributed by atoms with Crippen LogP contribution in [-0.2, 0) is 19.1 Å². The van der Waals surface area contributed by atoms with Crippen LogP contribution in [0.1, 0.15) is 39.5 Å². The van der Waals surface area contributed by atoms with Gasteiger partial charge in [0.15, 0.2) is 0 Å². The average Bonchev–Trinajstić information content (AvgIpc) is 3.15. The molecule has 6 unspecified atom stereocenters. The van der Waals surface area contributed by atoms with Crippen LogP contribution < -0.4 is 0 Å². The summed E-state index contributed by atoms with van der Waals surface area (Å²) in [6.07, 6.45) is 4.46. The minimum atomic E-state index is -0.689. The molecule has 2 N–H and O–H groups in total. The summed E-state index contributed by atoms with van der Waals surface area (Å²) in [5, 5.41) is 21.2. The van der Waals surface area contributed by atoms with Gasteiger partial charge in [0.2, 0.25) is 0 Å². The zero-order valence-corrected chi connectivity index (χ0v) is 15.2. The Balaban J connectivity index is 1.70. The highest BCUT2D eigenvalue weighted by molar-refractivity contribution is 5.93. The lowest BCUT2D eigenvalue weighted by Gasteiger charge is -2.58. The summed E-state index contributed by atoms with van der Waals surface area (Å²) < 4.78 is 10.4. The van der Waals surface area contributed by atoms with Gasteiger partial charge in [0.1, 0.15) is 13.2 Å². The van der Waals surface area contributed by atoms with E-state index in [2.05, 4.69) is 6.92 Å². The fourth-order valence-electron chi connectivity index (χ4n) is 5.73. The molecule has 6 nitrogen and oxygen atoms in total. The standard InChI is InChI=1S/C20H26O6/c1-11-15(22)9-20-10-26-18(24)14(20)7-13(21)8-16(20)19(11,2)5-3-12-4-6-25-17(12)23/h4,7,11,13,15-16,21-22H,3,5-6,8-10H2,1-2H3. The van der Waals surface area contributed by atoms with Crippen LogP contribution in [-0.4, -0.2) is 47.6 Å². The molecule has 0 aromatic heterocycles. The maximum absolute atomic E-state index is 12.3. The number of carbonyl (C=O) groups is 2. The van der Waals surface area contributed by atoms with Crippen molar-refractivity contribution in [2.75, 3.05) is 13.2 Å². The molecule has 142 valence electrons. The summed E-state index contributed by atoms with van der Waals surface area (Å²) in [7, 11) is 0. The van der Waals surface area contributed by atoms with Crippen LogP contribution in [0.3, 0.4) is 0 Å². The van der Waals surface area contributed by atoms with Gasteiger partial charge in [-0.2, -0.15) is 0 Å². The first-order valence-electron chi connectivity index (χ1n) is 9.39. The molecule has 0 radical (unpaired) electrons. The Morgan fingerprint density at radius 1 is 1.23 bits per heavy atom. The maximum atomic E-state index is 12.3. The van der Waals surface area contributed by atoms with E-state index in [1.165, 1.54) is 0 Å². The predicted molar refractivity (Wildman–Crippen MR) is 91.8 cm³/mol. The Bertz CT molecular complexity index is 709. The van der Waals surface area contributed by atoms with Gasteiger partial charge in [-0.25, -0.2) is 9.59 Å². The number of aliphatic hydroxyl groups is 2. The molecular formula is C20H26O6. The van der Waals surface area contributed by atoms with Gasteiger partial charge in [-0.05, 0) is 55.1 Å². The highest BCUT2D eigenvalue weighted by atomic mass is 16.5. The third kappa shape index (κ3) is 2.38. The van der Waals surface area contributed by atoms with Gasteiger partial charge < -0.3 is 19.7 Å². The van der Waals surface area contributed by atoms with Crippen molar-refractivity contribution in [3.8, 4) is 0 Å². The van der Waals surface area contributed by atoms with Gasteiger partial charge in [-0.3, -0.25) is 0 Å². The van der Waals surface area contributed by atoms with E-state index < -0.39 is 17.6 Å². The van der Waals surface area contributed by atoms with E-state index in [0.717, 1.165) is 0 Å². The smallest absolute Gasteiger partial charge is 0.334 e. The van der Waals surface area contributed by atoms with Crippen LogP contribution in [0, 0.1) is 22.7 Å². The van der Waals surface area contributed by atoms with Crippen molar-refractivity contribution < 1.29 is 29.3 Å². The number of hydrogen-bond acceptors (Lipinski definition) is 6. The van der Waals surface area contributed by atoms with Crippen molar-refractivity contribution in [1.29, 1.82) is 0 Å². The van der Waals surface area contributed by atoms with Gasteiger partial charge in [0.05, 0.1) is 12.2 Å². The predicted octanol–water partition coefficient (Wildman–Crippen LogP) is 1.51. The molecule has 4 rings (SSSR count). The van der Waals surface area contributed by atoms with Gasteiger partial charge >= 0.3 is 11.9 Å². The first-order valence-corrected chi connectivity index (χ1v) is 9.39. The zero-order valence-electron chi connectivity index (χ0n) is 15.2. The maximum Gasteiger partial charge on any atom is 0.334 e. The highest BCUT2D eigenvalue weighted by Gasteiger charge is 2.64. The van der Waals surface area contributed by atoms with Gasteiger partial charge in [-0.15, -0.1) is 0 Å². The topological polar surface area (TPSA) is 93.1 Å². The number of aliphatic hydroxyl groups excluding tert-OH is 2. The molecule has 2 heterocycles. The second-order valence-corrected chi connectivity index (χ2v) is 8.56. The molecule has 1 saturated heterocycles. The molecule has 0 amide bonds. The van der Waals surface area contributed by atoms with Gasteiger partial charge in [-0.1, -0.05) is 13.8 Å². The lowest BCUT2D eigenvalue weighted by Crippen LogP contribution is -2.58. The molecule has 0 aromatic rings. The second-order valence-electron chi connectivity index (χ2n) is 8.56. The quantitative estimate of drug-likeness (QED) is 0.739. The fourth-order valence-corrected chi connectivity index (χ4v) is 5.73. The number of cyclic esters (lactones) is 2. The molecule has 6 atom stereocenters. The van der Waals surface area contributed by atoms with Crippen molar-refractivity contribution in [2.45, 2.75) is 51.7 Å². The van der Waals surface area contributed by atoms with Gasteiger partial charge in [0.25, 0.3) is 0 Å². The lowest BCUT2D eigenvalue weighted by molar-refractivity contribution is -0.141.